The van der Waals surface area contributed by atoms with Crippen molar-refractivity contribution in [3.63, 3.8) is 0 Å². The van der Waals surface area contributed by atoms with Crippen LogP contribution in [-0.2, 0) is 10.0 Å². The lowest BCUT2D eigenvalue weighted by Gasteiger charge is -2.08. The van der Waals surface area contributed by atoms with Crippen molar-refractivity contribution in [3.8, 4) is 12.3 Å². The maximum atomic E-state index is 11.2. The van der Waals surface area contributed by atoms with Crippen LogP contribution in [0.4, 0.5) is 17.5 Å². The number of nitrogens with zero attached hydrogens (tertiary/aromatic N) is 2. The first-order valence-corrected chi connectivity index (χ1v) is 7.92. The van der Waals surface area contributed by atoms with Gasteiger partial charge in [-0.1, -0.05) is 17.5 Å². The Kier molecular flexibility index (Phi) is 4.82. The van der Waals surface area contributed by atoms with Crippen molar-refractivity contribution >= 4 is 39.1 Å². The first-order chi connectivity index (χ1) is 10.4. The van der Waals surface area contributed by atoms with Crippen LogP contribution in [0.3, 0.4) is 0 Å². The standard InChI is InChI=1S/C13H12ClN5O2S/c1-2-7-16-12-11(14)8-17-13(19-12)18-9-3-5-10(6-4-9)22(15,20)21/h1,3-6,8H,7H2,(H2,15,20,21)(H2,16,17,18,19). The number of rotatable bonds is 5. The largest absolute Gasteiger partial charge is 0.358 e. The van der Waals surface area contributed by atoms with Gasteiger partial charge in [-0.05, 0) is 24.3 Å². The van der Waals surface area contributed by atoms with Crippen LogP contribution in [0.15, 0.2) is 35.4 Å². The summed E-state index contributed by atoms with van der Waals surface area (Å²) in [7, 11) is -3.72. The van der Waals surface area contributed by atoms with Crippen molar-refractivity contribution in [1.29, 1.82) is 0 Å². The Labute approximate surface area is 133 Å². The van der Waals surface area contributed by atoms with Gasteiger partial charge in [0, 0.05) is 5.69 Å². The van der Waals surface area contributed by atoms with Crippen LogP contribution in [0.2, 0.25) is 5.02 Å². The fraction of sp³-hybridized carbons (Fsp3) is 0.0769. The molecule has 0 spiro atoms. The number of terminal acetylenes is 1. The molecule has 9 heteroatoms. The molecular formula is C13H12ClN5O2S. The van der Waals surface area contributed by atoms with E-state index >= 15 is 0 Å². The quantitative estimate of drug-likeness (QED) is 0.714. The Morgan fingerprint density at radius 1 is 1.32 bits per heavy atom. The summed E-state index contributed by atoms with van der Waals surface area (Å²) in [5.74, 6) is 3.10. The fourth-order valence-electron chi connectivity index (χ4n) is 1.54. The van der Waals surface area contributed by atoms with Gasteiger partial charge in [-0.25, -0.2) is 18.5 Å². The van der Waals surface area contributed by atoms with Crippen molar-refractivity contribution < 1.29 is 8.42 Å². The molecule has 0 aliphatic rings. The van der Waals surface area contributed by atoms with E-state index in [9.17, 15) is 8.42 Å². The highest BCUT2D eigenvalue weighted by molar-refractivity contribution is 7.89. The number of anilines is 3. The minimum Gasteiger partial charge on any atom is -0.358 e. The molecule has 7 nitrogen and oxygen atoms in total. The Balaban J connectivity index is 2.19. The SMILES string of the molecule is C#CCNc1nc(Nc2ccc(S(N)(=O)=O)cc2)ncc1Cl. The van der Waals surface area contributed by atoms with E-state index < -0.39 is 10.0 Å². The molecule has 0 saturated carbocycles. The zero-order valence-electron chi connectivity index (χ0n) is 11.2. The highest BCUT2D eigenvalue weighted by atomic mass is 35.5. The lowest BCUT2D eigenvalue weighted by atomic mass is 10.3. The predicted molar refractivity (Wildman–Crippen MR) is 85.5 cm³/mol. The molecule has 0 saturated heterocycles. The third-order valence-corrected chi connectivity index (χ3v) is 3.75. The zero-order chi connectivity index (χ0) is 16.2. The minimum absolute atomic E-state index is 0.0199. The van der Waals surface area contributed by atoms with E-state index in [1.165, 1.54) is 18.3 Å². The molecule has 0 aliphatic carbocycles. The van der Waals surface area contributed by atoms with Crippen LogP contribution in [0.1, 0.15) is 0 Å². The molecule has 0 aliphatic heterocycles. The second-order valence-electron chi connectivity index (χ2n) is 4.14. The number of sulfonamides is 1. The average molecular weight is 338 g/mol. The number of nitrogens with one attached hydrogen (secondary N) is 2. The average Bonchev–Trinajstić information content (AvgIpc) is 2.47. The van der Waals surface area contributed by atoms with E-state index in [2.05, 4.69) is 26.5 Å². The van der Waals surface area contributed by atoms with E-state index in [1.54, 1.807) is 12.1 Å². The molecule has 22 heavy (non-hydrogen) atoms. The molecule has 114 valence electrons. The van der Waals surface area contributed by atoms with Crippen molar-refractivity contribution in [3.05, 3.63) is 35.5 Å². The molecule has 0 atom stereocenters. The highest BCUT2D eigenvalue weighted by Crippen LogP contribution is 2.21. The number of aromatic nitrogens is 2. The van der Waals surface area contributed by atoms with Crippen LogP contribution in [-0.4, -0.2) is 24.9 Å². The summed E-state index contributed by atoms with van der Waals surface area (Å²) in [5.41, 5.74) is 0.595. The Bertz CT molecular complexity index is 815. The molecule has 0 amide bonds. The van der Waals surface area contributed by atoms with Gasteiger partial charge in [0.15, 0.2) is 5.82 Å². The third-order valence-electron chi connectivity index (χ3n) is 2.54. The van der Waals surface area contributed by atoms with Crippen molar-refractivity contribution in [2.24, 2.45) is 5.14 Å². The van der Waals surface area contributed by atoms with Crippen LogP contribution < -0.4 is 15.8 Å². The van der Waals surface area contributed by atoms with Crippen molar-refractivity contribution in [1.82, 2.24) is 9.97 Å². The normalized spacial score (nSPS) is 10.8. The van der Waals surface area contributed by atoms with Gasteiger partial charge < -0.3 is 10.6 Å². The van der Waals surface area contributed by atoms with Crippen molar-refractivity contribution in [2.45, 2.75) is 4.90 Å². The molecule has 0 bridgehead atoms. The molecule has 0 unspecified atom stereocenters. The Morgan fingerprint density at radius 2 is 2.00 bits per heavy atom. The number of nitrogens with two attached hydrogens (primary N) is 1. The lowest BCUT2D eigenvalue weighted by Crippen LogP contribution is -2.11. The summed E-state index contributed by atoms with van der Waals surface area (Å²) in [6.45, 7) is 0.277. The van der Waals surface area contributed by atoms with Gasteiger partial charge in [-0.2, -0.15) is 4.98 Å². The summed E-state index contributed by atoms with van der Waals surface area (Å²) in [6, 6.07) is 5.86. The van der Waals surface area contributed by atoms with Gasteiger partial charge in [0.2, 0.25) is 16.0 Å². The summed E-state index contributed by atoms with van der Waals surface area (Å²) >= 11 is 5.94. The van der Waals surface area contributed by atoms with Crippen LogP contribution in [0.25, 0.3) is 0 Å². The summed E-state index contributed by atoms with van der Waals surface area (Å²) in [5, 5.41) is 11.2. The summed E-state index contributed by atoms with van der Waals surface area (Å²) in [6.07, 6.45) is 6.59. The van der Waals surface area contributed by atoms with Crippen LogP contribution >= 0.6 is 11.6 Å². The van der Waals surface area contributed by atoms with Gasteiger partial charge >= 0.3 is 0 Å². The molecule has 1 heterocycles. The maximum absolute atomic E-state index is 11.2. The first kappa shape index (κ1) is 16.0. The third kappa shape index (κ3) is 4.08. The van der Waals surface area contributed by atoms with E-state index in [-0.39, 0.29) is 17.4 Å². The Morgan fingerprint density at radius 3 is 2.59 bits per heavy atom. The summed E-state index contributed by atoms with van der Waals surface area (Å²) in [4.78, 5) is 8.22. The molecule has 1 aromatic heterocycles. The van der Waals surface area contributed by atoms with Gasteiger partial charge in [-0.15, -0.1) is 6.42 Å². The lowest BCUT2D eigenvalue weighted by molar-refractivity contribution is 0.598. The van der Waals surface area contributed by atoms with E-state index in [1.807, 2.05) is 0 Å². The van der Waals surface area contributed by atoms with Gasteiger partial charge in [0.1, 0.15) is 5.02 Å². The van der Waals surface area contributed by atoms with E-state index in [0.29, 0.717) is 16.5 Å². The molecule has 0 radical (unpaired) electrons. The van der Waals surface area contributed by atoms with Crippen LogP contribution in [0.5, 0.6) is 0 Å². The van der Waals surface area contributed by atoms with Gasteiger partial charge in [-0.3, -0.25) is 0 Å². The van der Waals surface area contributed by atoms with Gasteiger partial charge in [0.05, 0.1) is 17.6 Å². The zero-order valence-corrected chi connectivity index (χ0v) is 12.8. The van der Waals surface area contributed by atoms with Gasteiger partial charge in [0.25, 0.3) is 0 Å². The number of benzene rings is 1. The number of primary sulfonamides is 1. The molecular weight excluding hydrogens is 326 g/mol. The second-order valence-corrected chi connectivity index (χ2v) is 6.11. The second kappa shape index (κ2) is 6.62. The van der Waals surface area contributed by atoms with Crippen LogP contribution in [0, 0.1) is 12.3 Å². The molecule has 4 N–H and O–H groups in total. The van der Waals surface area contributed by atoms with E-state index in [0.717, 1.165) is 0 Å². The maximum Gasteiger partial charge on any atom is 0.238 e. The number of hydrogen-bond acceptors (Lipinski definition) is 6. The fourth-order valence-corrected chi connectivity index (χ4v) is 2.22. The summed E-state index contributed by atoms with van der Waals surface area (Å²) < 4.78 is 22.4. The molecule has 1 aromatic carbocycles. The Hall–Kier alpha value is -2.34. The topological polar surface area (TPSA) is 110 Å². The minimum atomic E-state index is -3.72. The van der Waals surface area contributed by atoms with Crippen molar-refractivity contribution in [2.75, 3.05) is 17.2 Å². The number of hydrogen-bond donors (Lipinski definition) is 3. The smallest absolute Gasteiger partial charge is 0.238 e. The number of halogens is 1. The first-order valence-electron chi connectivity index (χ1n) is 6.00. The molecule has 2 rings (SSSR count). The monoisotopic (exact) mass is 337 g/mol. The molecule has 0 fully saturated rings. The highest BCUT2D eigenvalue weighted by Gasteiger charge is 2.08. The molecule has 2 aromatic rings. The predicted octanol–water partition coefficient (Wildman–Crippen LogP) is 1.57. The van der Waals surface area contributed by atoms with E-state index in [4.69, 9.17) is 23.2 Å².